The largest absolute Gasteiger partial charge is 0.239 e. The zero-order valence-electron chi connectivity index (χ0n) is 8.20. The van der Waals surface area contributed by atoms with Crippen LogP contribution in [0.5, 0.6) is 0 Å². The third-order valence-electron chi connectivity index (χ3n) is 2.12. The van der Waals surface area contributed by atoms with E-state index in [0.29, 0.717) is 6.42 Å². The van der Waals surface area contributed by atoms with Gasteiger partial charge in [-0.3, -0.25) is 0 Å². The highest BCUT2D eigenvalue weighted by molar-refractivity contribution is 8.13. The SMILES string of the molecule is CCC(c1cccc(C)c1)S(=O)(=O)Cl. The summed E-state index contributed by atoms with van der Waals surface area (Å²) < 4.78 is 22.5. The Labute approximate surface area is 89.3 Å². The molecule has 0 heterocycles. The minimum atomic E-state index is -3.51. The van der Waals surface area contributed by atoms with Crippen LogP contribution in [0.1, 0.15) is 29.7 Å². The van der Waals surface area contributed by atoms with Crippen LogP contribution in [-0.4, -0.2) is 8.42 Å². The zero-order chi connectivity index (χ0) is 10.8. The van der Waals surface area contributed by atoms with Crippen molar-refractivity contribution in [2.24, 2.45) is 0 Å². The monoisotopic (exact) mass is 232 g/mol. The fourth-order valence-electron chi connectivity index (χ4n) is 1.47. The highest BCUT2D eigenvalue weighted by Crippen LogP contribution is 2.28. The van der Waals surface area contributed by atoms with Gasteiger partial charge in [0.25, 0.3) is 0 Å². The Balaban J connectivity index is 3.14. The summed E-state index contributed by atoms with van der Waals surface area (Å²) in [4.78, 5) is 0. The fourth-order valence-corrected chi connectivity index (χ4v) is 3.02. The normalized spacial score (nSPS) is 13.9. The lowest BCUT2D eigenvalue weighted by molar-refractivity contribution is 0.594. The first-order chi connectivity index (χ1) is 6.45. The van der Waals surface area contributed by atoms with E-state index in [1.807, 2.05) is 32.0 Å². The molecule has 0 aliphatic carbocycles. The summed E-state index contributed by atoms with van der Waals surface area (Å²) >= 11 is 0. The number of hydrogen-bond acceptors (Lipinski definition) is 2. The first kappa shape index (κ1) is 11.5. The molecule has 14 heavy (non-hydrogen) atoms. The van der Waals surface area contributed by atoms with Crippen molar-refractivity contribution >= 4 is 19.7 Å². The molecule has 0 bridgehead atoms. The van der Waals surface area contributed by atoms with E-state index in [1.165, 1.54) is 0 Å². The van der Waals surface area contributed by atoms with Gasteiger partial charge in [-0.25, -0.2) is 8.42 Å². The Morgan fingerprint density at radius 2 is 2.07 bits per heavy atom. The number of aryl methyl sites for hydroxylation is 1. The molecular formula is C10H13ClO2S. The molecule has 0 N–H and O–H groups in total. The van der Waals surface area contributed by atoms with Crippen LogP contribution in [0.3, 0.4) is 0 Å². The molecule has 1 unspecified atom stereocenters. The van der Waals surface area contributed by atoms with E-state index < -0.39 is 14.3 Å². The molecule has 0 aliphatic heterocycles. The van der Waals surface area contributed by atoms with Gasteiger partial charge < -0.3 is 0 Å². The molecule has 2 nitrogen and oxygen atoms in total. The van der Waals surface area contributed by atoms with Crippen LogP contribution in [0.2, 0.25) is 0 Å². The number of benzene rings is 1. The fraction of sp³-hybridized carbons (Fsp3) is 0.400. The second-order valence-corrected chi connectivity index (χ2v) is 6.10. The van der Waals surface area contributed by atoms with Gasteiger partial charge >= 0.3 is 0 Å². The maximum atomic E-state index is 11.2. The first-order valence-corrected chi connectivity index (χ1v) is 6.82. The Morgan fingerprint density at radius 3 is 2.50 bits per heavy atom. The molecule has 0 radical (unpaired) electrons. The van der Waals surface area contributed by atoms with E-state index in [2.05, 4.69) is 0 Å². The van der Waals surface area contributed by atoms with Gasteiger partial charge in [0.1, 0.15) is 5.25 Å². The van der Waals surface area contributed by atoms with Crippen LogP contribution in [0, 0.1) is 6.92 Å². The smallest absolute Gasteiger partial charge is 0.212 e. The third-order valence-corrected chi connectivity index (χ3v) is 4.05. The minimum absolute atomic E-state index is 0.495. The maximum Gasteiger partial charge on any atom is 0.239 e. The van der Waals surface area contributed by atoms with Crippen molar-refractivity contribution in [1.29, 1.82) is 0 Å². The van der Waals surface area contributed by atoms with Gasteiger partial charge in [0.05, 0.1) is 0 Å². The van der Waals surface area contributed by atoms with Gasteiger partial charge in [0.2, 0.25) is 9.05 Å². The summed E-state index contributed by atoms with van der Waals surface area (Å²) in [5, 5.41) is -0.593. The van der Waals surface area contributed by atoms with Crippen LogP contribution >= 0.6 is 10.7 Å². The van der Waals surface area contributed by atoms with Crippen molar-refractivity contribution in [3.63, 3.8) is 0 Å². The predicted octanol–water partition coefficient (Wildman–Crippen LogP) is 3.01. The number of hydrogen-bond donors (Lipinski definition) is 0. The predicted molar refractivity (Wildman–Crippen MR) is 59.0 cm³/mol. The zero-order valence-corrected chi connectivity index (χ0v) is 9.77. The van der Waals surface area contributed by atoms with Crippen molar-refractivity contribution in [3.8, 4) is 0 Å². The van der Waals surface area contributed by atoms with Gasteiger partial charge in [-0.2, -0.15) is 0 Å². The highest BCUT2D eigenvalue weighted by Gasteiger charge is 2.22. The van der Waals surface area contributed by atoms with E-state index in [0.717, 1.165) is 11.1 Å². The lowest BCUT2D eigenvalue weighted by Crippen LogP contribution is -2.06. The van der Waals surface area contributed by atoms with Crippen LogP contribution in [0.25, 0.3) is 0 Å². The third kappa shape index (κ3) is 2.72. The molecule has 1 rings (SSSR count). The molecule has 0 spiro atoms. The van der Waals surface area contributed by atoms with Crippen molar-refractivity contribution in [2.75, 3.05) is 0 Å². The topological polar surface area (TPSA) is 34.1 Å². The molecule has 0 saturated heterocycles. The first-order valence-electron chi connectivity index (χ1n) is 4.45. The summed E-state index contributed by atoms with van der Waals surface area (Å²) in [6.07, 6.45) is 0.495. The molecule has 0 amide bonds. The van der Waals surface area contributed by atoms with E-state index in [-0.39, 0.29) is 0 Å². The molecule has 1 atom stereocenters. The summed E-state index contributed by atoms with van der Waals surface area (Å²) in [6.45, 7) is 3.74. The Kier molecular flexibility index (Phi) is 3.56. The standard InChI is InChI=1S/C10H13ClO2S/c1-3-10(14(11,12)13)9-6-4-5-8(2)7-9/h4-7,10H,3H2,1-2H3. The summed E-state index contributed by atoms with van der Waals surface area (Å²) in [5.74, 6) is 0. The van der Waals surface area contributed by atoms with Gasteiger partial charge in [0, 0.05) is 10.7 Å². The minimum Gasteiger partial charge on any atom is -0.212 e. The summed E-state index contributed by atoms with van der Waals surface area (Å²) in [5.41, 5.74) is 1.81. The maximum absolute atomic E-state index is 11.2. The second kappa shape index (κ2) is 4.32. The molecule has 1 aromatic carbocycles. The van der Waals surface area contributed by atoms with Gasteiger partial charge in [0.15, 0.2) is 0 Å². The number of halogens is 1. The molecule has 4 heteroatoms. The average Bonchev–Trinajstić information content (AvgIpc) is 2.02. The lowest BCUT2D eigenvalue weighted by atomic mass is 10.1. The van der Waals surface area contributed by atoms with Crippen LogP contribution in [0.15, 0.2) is 24.3 Å². The molecular weight excluding hydrogens is 220 g/mol. The Hall–Kier alpha value is -0.540. The quantitative estimate of drug-likeness (QED) is 0.751. The van der Waals surface area contributed by atoms with E-state index in [4.69, 9.17) is 10.7 Å². The molecule has 0 aromatic heterocycles. The van der Waals surface area contributed by atoms with Crippen molar-refractivity contribution in [1.82, 2.24) is 0 Å². The van der Waals surface area contributed by atoms with E-state index in [1.54, 1.807) is 6.07 Å². The highest BCUT2D eigenvalue weighted by atomic mass is 35.7. The van der Waals surface area contributed by atoms with Gasteiger partial charge in [-0.05, 0) is 18.9 Å². The molecule has 78 valence electrons. The van der Waals surface area contributed by atoms with Gasteiger partial charge in [-0.1, -0.05) is 36.8 Å². The van der Waals surface area contributed by atoms with Crippen molar-refractivity contribution < 1.29 is 8.42 Å². The number of rotatable bonds is 3. The Morgan fingerprint density at radius 1 is 1.43 bits per heavy atom. The molecule has 0 saturated carbocycles. The van der Waals surface area contributed by atoms with E-state index >= 15 is 0 Å². The summed E-state index contributed by atoms with van der Waals surface area (Å²) in [6, 6.07) is 7.42. The van der Waals surface area contributed by atoms with E-state index in [9.17, 15) is 8.42 Å². The molecule has 0 aliphatic rings. The lowest BCUT2D eigenvalue weighted by Gasteiger charge is -2.11. The molecule has 0 fully saturated rings. The Bertz CT molecular complexity index is 412. The van der Waals surface area contributed by atoms with Crippen LogP contribution in [0.4, 0.5) is 0 Å². The summed E-state index contributed by atoms with van der Waals surface area (Å²) in [7, 11) is 1.85. The molecule has 1 aromatic rings. The van der Waals surface area contributed by atoms with Crippen molar-refractivity contribution in [3.05, 3.63) is 35.4 Å². The van der Waals surface area contributed by atoms with Crippen LogP contribution in [-0.2, 0) is 9.05 Å². The van der Waals surface area contributed by atoms with Crippen molar-refractivity contribution in [2.45, 2.75) is 25.5 Å². The van der Waals surface area contributed by atoms with Crippen LogP contribution < -0.4 is 0 Å². The average molecular weight is 233 g/mol. The second-order valence-electron chi connectivity index (χ2n) is 3.29. The van der Waals surface area contributed by atoms with Gasteiger partial charge in [-0.15, -0.1) is 0 Å².